The van der Waals surface area contributed by atoms with Crippen LogP contribution in [-0.4, -0.2) is 39.9 Å². The van der Waals surface area contributed by atoms with Gasteiger partial charge in [-0.05, 0) is 44.5 Å². The van der Waals surface area contributed by atoms with E-state index in [1.165, 1.54) is 4.57 Å². The normalized spacial score (nSPS) is 16.5. The van der Waals surface area contributed by atoms with E-state index in [-0.39, 0.29) is 31.8 Å². The highest BCUT2D eigenvalue weighted by Crippen LogP contribution is 2.34. The molecule has 28 heavy (non-hydrogen) atoms. The number of fused-ring (bicyclic) bond motifs is 1. The quantitative estimate of drug-likeness (QED) is 0.816. The maximum Gasteiger partial charge on any atom is 0.393 e. The number of anilines is 1. The first-order valence-electron chi connectivity index (χ1n) is 9.44. The third-order valence-electron chi connectivity index (χ3n) is 5.15. The predicted octanol–water partition coefficient (Wildman–Crippen LogP) is 3.18. The number of nitrogens with zero attached hydrogens (tertiary/aromatic N) is 4. The summed E-state index contributed by atoms with van der Waals surface area (Å²) in [7, 11) is 0. The third-order valence-corrected chi connectivity index (χ3v) is 5.15. The second-order valence-electron chi connectivity index (χ2n) is 6.82. The van der Waals surface area contributed by atoms with Crippen molar-refractivity contribution in [2.24, 2.45) is 5.92 Å². The van der Waals surface area contributed by atoms with Crippen molar-refractivity contribution in [1.82, 2.24) is 20.1 Å². The number of amides is 1. The number of nitrogens with one attached hydrogen (secondary N) is 1. The molecule has 3 rings (SSSR count). The largest absolute Gasteiger partial charge is 0.393 e. The molecule has 2 heterocycles. The third kappa shape index (κ3) is 4.28. The number of aryl methyl sites for hydroxylation is 1. The van der Waals surface area contributed by atoms with E-state index in [1.807, 2.05) is 12.1 Å². The maximum absolute atomic E-state index is 13.0. The fraction of sp³-hybridized carbons (Fsp3) is 0.526. The topological polar surface area (TPSA) is 63.1 Å². The highest BCUT2D eigenvalue weighted by atomic mass is 19.4. The fourth-order valence-electron chi connectivity index (χ4n) is 3.45. The monoisotopic (exact) mass is 395 g/mol. The highest BCUT2D eigenvalue weighted by molar-refractivity contribution is 5.94. The molecule has 1 atom stereocenters. The van der Waals surface area contributed by atoms with Crippen molar-refractivity contribution >= 4 is 11.6 Å². The van der Waals surface area contributed by atoms with Crippen LogP contribution in [0, 0.1) is 5.92 Å². The zero-order chi connectivity index (χ0) is 20.3. The second-order valence-corrected chi connectivity index (χ2v) is 6.82. The lowest BCUT2D eigenvalue weighted by Crippen LogP contribution is -2.34. The average molecular weight is 395 g/mol. The number of carbonyl (C=O) groups is 1. The molecular weight excluding hydrogens is 371 g/mol. The van der Waals surface area contributed by atoms with Gasteiger partial charge in [0.15, 0.2) is 5.82 Å². The first kappa shape index (κ1) is 20.2. The lowest BCUT2D eigenvalue weighted by molar-refractivity contribution is -0.182. The Morgan fingerprint density at radius 1 is 1.21 bits per heavy atom. The minimum Gasteiger partial charge on any atom is -0.372 e. The van der Waals surface area contributed by atoms with E-state index in [9.17, 15) is 18.0 Å². The molecule has 6 nitrogen and oxygen atoms in total. The number of alkyl halides is 3. The van der Waals surface area contributed by atoms with Crippen LogP contribution in [0.4, 0.5) is 18.9 Å². The van der Waals surface area contributed by atoms with Crippen LogP contribution in [-0.2, 0) is 19.5 Å². The minimum atomic E-state index is -4.24. The van der Waals surface area contributed by atoms with Crippen LogP contribution in [0.3, 0.4) is 0 Å². The molecule has 0 fully saturated rings. The van der Waals surface area contributed by atoms with E-state index in [2.05, 4.69) is 34.3 Å². The predicted molar refractivity (Wildman–Crippen MR) is 99.1 cm³/mol. The molecule has 0 radical (unpaired) electrons. The van der Waals surface area contributed by atoms with Gasteiger partial charge in [0.2, 0.25) is 0 Å². The molecule has 152 valence electrons. The van der Waals surface area contributed by atoms with Gasteiger partial charge in [0.05, 0.1) is 12.5 Å². The summed E-state index contributed by atoms with van der Waals surface area (Å²) in [6.07, 6.45) is -3.99. The average Bonchev–Trinajstić information content (AvgIpc) is 3.09. The Balaban J connectivity index is 1.64. The maximum atomic E-state index is 13.0. The zero-order valence-electron chi connectivity index (χ0n) is 16.0. The highest BCUT2D eigenvalue weighted by Gasteiger charge is 2.42. The molecule has 0 unspecified atom stereocenters. The van der Waals surface area contributed by atoms with Crippen LogP contribution in [0.5, 0.6) is 0 Å². The number of hydrogen-bond donors (Lipinski definition) is 1. The SMILES string of the molecule is CCN(CC)c1ccc(C(=O)NCc2nnc3n2C[C@@H](C(F)(F)F)CC3)cc1. The van der Waals surface area contributed by atoms with Crippen molar-refractivity contribution in [2.45, 2.75) is 46.0 Å². The summed E-state index contributed by atoms with van der Waals surface area (Å²) in [4.78, 5) is 14.6. The van der Waals surface area contributed by atoms with E-state index in [0.29, 0.717) is 17.2 Å². The van der Waals surface area contributed by atoms with Crippen LogP contribution < -0.4 is 10.2 Å². The number of rotatable bonds is 6. The van der Waals surface area contributed by atoms with Gasteiger partial charge < -0.3 is 14.8 Å². The van der Waals surface area contributed by atoms with Crippen molar-refractivity contribution < 1.29 is 18.0 Å². The molecule has 0 saturated carbocycles. The van der Waals surface area contributed by atoms with Crippen molar-refractivity contribution in [1.29, 1.82) is 0 Å². The molecule has 1 aromatic carbocycles. The second kappa shape index (κ2) is 8.20. The Bertz CT molecular complexity index is 812. The number of benzene rings is 1. The standard InChI is InChI=1S/C19H24F3N5O/c1-3-26(4-2)15-8-5-13(6-9-15)18(28)23-11-17-25-24-16-10-7-14(12-27(16)17)19(20,21)22/h5-6,8-9,14H,3-4,7,10-12H2,1-2H3,(H,23,28)/t14-/m0/s1. The lowest BCUT2D eigenvalue weighted by atomic mass is 9.99. The van der Waals surface area contributed by atoms with Gasteiger partial charge in [-0.3, -0.25) is 4.79 Å². The minimum absolute atomic E-state index is 0.0207. The Kier molecular flexibility index (Phi) is 5.90. The van der Waals surface area contributed by atoms with Crippen molar-refractivity contribution in [3.05, 3.63) is 41.5 Å². The van der Waals surface area contributed by atoms with E-state index < -0.39 is 12.1 Å². The van der Waals surface area contributed by atoms with Crippen LogP contribution in [0.2, 0.25) is 0 Å². The molecule has 1 aliphatic heterocycles. The Hall–Kier alpha value is -2.58. The summed E-state index contributed by atoms with van der Waals surface area (Å²) in [5, 5.41) is 10.7. The number of carbonyl (C=O) groups excluding carboxylic acids is 1. The Morgan fingerprint density at radius 3 is 2.50 bits per heavy atom. The molecule has 0 spiro atoms. The lowest BCUT2D eigenvalue weighted by Gasteiger charge is -2.26. The number of hydrogen-bond acceptors (Lipinski definition) is 4. The summed E-state index contributed by atoms with van der Waals surface area (Å²) in [6.45, 7) is 5.71. The first-order valence-corrected chi connectivity index (χ1v) is 9.44. The summed E-state index contributed by atoms with van der Waals surface area (Å²) < 4.78 is 40.5. The number of halogens is 3. The summed E-state index contributed by atoms with van der Waals surface area (Å²) in [5.41, 5.74) is 1.52. The van der Waals surface area contributed by atoms with E-state index in [0.717, 1.165) is 18.8 Å². The molecule has 1 aliphatic rings. The van der Waals surface area contributed by atoms with Gasteiger partial charge in [-0.2, -0.15) is 13.2 Å². The number of aromatic nitrogens is 3. The van der Waals surface area contributed by atoms with Gasteiger partial charge in [-0.1, -0.05) is 0 Å². The van der Waals surface area contributed by atoms with Crippen molar-refractivity contribution in [2.75, 3.05) is 18.0 Å². The molecule has 1 amide bonds. The van der Waals surface area contributed by atoms with Gasteiger partial charge in [-0.25, -0.2) is 0 Å². The van der Waals surface area contributed by atoms with Gasteiger partial charge in [0.25, 0.3) is 5.91 Å². The zero-order valence-corrected chi connectivity index (χ0v) is 16.0. The fourth-order valence-corrected chi connectivity index (χ4v) is 3.45. The molecule has 0 saturated heterocycles. The smallest absolute Gasteiger partial charge is 0.372 e. The summed E-state index contributed by atoms with van der Waals surface area (Å²) >= 11 is 0. The molecule has 0 bridgehead atoms. The molecule has 1 N–H and O–H groups in total. The van der Waals surface area contributed by atoms with Crippen LogP contribution in [0.1, 0.15) is 42.3 Å². The Morgan fingerprint density at radius 2 is 1.89 bits per heavy atom. The van der Waals surface area contributed by atoms with E-state index >= 15 is 0 Å². The van der Waals surface area contributed by atoms with Crippen LogP contribution >= 0.6 is 0 Å². The molecular formula is C19H24F3N5O. The molecule has 2 aromatic rings. The summed E-state index contributed by atoms with van der Waals surface area (Å²) in [5.74, 6) is -0.824. The van der Waals surface area contributed by atoms with Gasteiger partial charge in [0.1, 0.15) is 5.82 Å². The first-order chi connectivity index (χ1) is 13.3. The van der Waals surface area contributed by atoms with Gasteiger partial charge >= 0.3 is 6.18 Å². The van der Waals surface area contributed by atoms with E-state index in [1.54, 1.807) is 12.1 Å². The van der Waals surface area contributed by atoms with Crippen molar-refractivity contribution in [3.8, 4) is 0 Å². The van der Waals surface area contributed by atoms with Gasteiger partial charge in [0, 0.05) is 37.3 Å². The van der Waals surface area contributed by atoms with Gasteiger partial charge in [-0.15, -0.1) is 10.2 Å². The summed E-state index contributed by atoms with van der Waals surface area (Å²) in [6, 6.07) is 7.24. The Labute approximate surface area is 161 Å². The van der Waals surface area contributed by atoms with E-state index in [4.69, 9.17) is 0 Å². The van der Waals surface area contributed by atoms with Crippen molar-refractivity contribution in [3.63, 3.8) is 0 Å². The molecule has 9 heteroatoms. The molecule has 1 aromatic heterocycles. The molecule has 0 aliphatic carbocycles. The van der Waals surface area contributed by atoms with Crippen LogP contribution in [0.15, 0.2) is 24.3 Å². The van der Waals surface area contributed by atoms with Crippen LogP contribution in [0.25, 0.3) is 0 Å².